The standard InChI is InChI=1S/C14H16O/c1-3-4-5-6-7-14(15)13-10-8-12(2)9-11-13/h4-11H,3H2,1-2H3/b5-4+,7-6+. The van der Waals surface area contributed by atoms with E-state index in [2.05, 4.69) is 6.92 Å². The predicted molar refractivity (Wildman–Crippen MR) is 64.1 cm³/mol. The van der Waals surface area contributed by atoms with Crippen LogP contribution >= 0.6 is 0 Å². The van der Waals surface area contributed by atoms with Gasteiger partial charge in [0.2, 0.25) is 0 Å². The number of rotatable bonds is 4. The van der Waals surface area contributed by atoms with Crippen molar-refractivity contribution in [2.45, 2.75) is 20.3 Å². The van der Waals surface area contributed by atoms with Crippen molar-refractivity contribution in [3.05, 3.63) is 59.7 Å². The van der Waals surface area contributed by atoms with Crippen LogP contribution in [0.3, 0.4) is 0 Å². The Kier molecular flexibility index (Phi) is 4.55. The summed E-state index contributed by atoms with van der Waals surface area (Å²) < 4.78 is 0. The van der Waals surface area contributed by atoms with Crippen molar-refractivity contribution in [1.82, 2.24) is 0 Å². The first-order valence-corrected chi connectivity index (χ1v) is 5.18. The third kappa shape index (κ3) is 3.94. The third-order valence-corrected chi connectivity index (χ3v) is 2.07. The molecule has 0 bridgehead atoms. The van der Waals surface area contributed by atoms with Gasteiger partial charge in [0, 0.05) is 5.56 Å². The van der Waals surface area contributed by atoms with Crippen LogP contribution in [0.2, 0.25) is 0 Å². The zero-order valence-corrected chi connectivity index (χ0v) is 9.23. The van der Waals surface area contributed by atoms with Gasteiger partial charge in [-0.3, -0.25) is 4.79 Å². The molecule has 0 atom stereocenters. The van der Waals surface area contributed by atoms with Gasteiger partial charge >= 0.3 is 0 Å². The Labute approximate surface area is 91.1 Å². The fraction of sp³-hybridized carbons (Fsp3) is 0.214. The van der Waals surface area contributed by atoms with Crippen LogP contribution in [0.15, 0.2) is 48.6 Å². The summed E-state index contributed by atoms with van der Waals surface area (Å²) in [5, 5.41) is 0. The third-order valence-electron chi connectivity index (χ3n) is 2.07. The maximum atomic E-state index is 11.6. The highest BCUT2D eigenvalue weighted by Gasteiger charge is 1.98. The summed E-state index contributed by atoms with van der Waals surface area (Å²) in [6.07, 6.45) is 8.27. The van der Waals surface area contributed by atoms with Gasteiger partial charge in [-0.25, -0.2) is 0 Å². The van der Waals surface area contributed by atoms with E-state index >= 15 is 0 Å². The molecule has 0 fully saturated rings. The van der Waals surface area contributed by atoms with Crippen LogP contribution in [-0.4, -0.2) is 5.78 Å². The summed E-state index contributed by atoms with van der Waals surface area (Å²) in [5.74, 6) is 0.0516. The van der Waals surface area contributed by atoms with Crippen molar-refractivity contribution in [3.8, 4) is 0 Å². The van der Waals surface area contributed by atoms with Gasteiger partial charge in [-0.15, -0.1) is 0 Å². The number of hydrogen-bond acceptors (Lipinski definition) is 1. The van der Waals surface area contributed by atoms with E-state index < -0.39 is 0 Å². The van der Waals surface area contributed by atoms with E-state index in [0.717, 1.165) is 12.0 Å². The summed E-state index contributed by atoms with van der Waals surface area (Å²) in [7, 11) is 0. The largest absolute Gasteiger partial charge is 0.289 e. The lowest BCUT2D eigenvalue weighted by Crippen LogP contribution is -1.93. The van der Waals surface area contributed by atoms with Gasteiger partial charge in [-0.2, -0.15) is 0 Å². The number of hydrogen-bond donors (Lipinski definition) is 0. The summed E-state index contributed by atoms with van der Waals surface area (Å²) >= 11 is 0. The molecule has 0 aliphatic heterocycles. The average molecular weight is 200 g/mol. The normalized spacial score (nSPS) is 11.3. The molecular formula is C14H16O. The van der Waals surface area contributed by atoms with E-state index in [-0.39, 0.29) is 5.78 Å². The minimum atomic E-state index is 0.0516. The van der Waals surface area contributed by atoms with Crippen LogP contribution in [0, 0.1) is 6.92 Å². The molecule has 0 heterocycles. The molecule has 0 spiro atoms. The number of benzene rings is 1. The quantitative estimate of drug-likeness (QED) is 0.411. The smallest absolute Gasteiger partial charge is 0.185 e. The van der Waals surface area contributed by atoms with Crippen LogP contribution < -0.4 is 0 Å². The van der Waals surface area contributed by atoms with Crippen molar-refractivity contribution in [2.75, 3.05) is 0 Å². The Morgan fingerprint density at radius 1 is 1.20 bits per heavy atom. The molecule has 1 heteroatoms. The molecule has 1 nitrogen and oxygen atoms in total. The summed E-state index contributed by atoms with van der Waals surface area (Å²) in [5.41, 5.74) is 1.91. The van der Waals surface area contributed by atoms with Gasteiger partial charge in [-0.1, -0.05) is 55.0 Å². The molecule has 0 amide bonds. The van der Waals surface area contributed by atoms with E-state index in [1.165, 1.54) is 5.56 Å². The number of carbonyl (C=O) groups excluding carboxylic acids is 1. The molecule has 78 valence electrons. The molecule has 0 aliphatic rings. The van der Waals surface area contributed by atoms with Gasteiger partial charge in [0.25, 0.3) is 0 Å². The first-order valence-electron chi connectivity index (χ1n) is 5.18. The molecule has 15 heavy (non-hydrogen) atoms. The molecule has 1 aromatic rings. The summed E-state index contributed by atoms with van der Waals surface area (Å²) in [6, 6.07) is 7.60. The predicted octanol–water partition coefficient (Wildman–Crippen LogP) is 3.70. The van der Waals surface area contributed by atoms with Crippen LogP contribution in [-0.2, 0) is 0 Å². The van der Waals surface area contributed by atoms with Gasteiger partial charge < -0.3 is 0 Å². The molecule has 0 N–H and O–H groups in total. The van der Waals surface area contributed by atoms with Crippen LogP contribution in [0.4, 0.5) is 0 Å². The van der Waals surface area contributed by atoms with Gasteiger partial charge in [-0.05, 0) is 19.4 Å². The zero-order valence-electron chi connectivity index (χ0n) is 9.23. The molecule has 0 aliphatic carbocycles. The van der Waals surface area contributed by atoms with Crippen LogP contribution in [0.25, 0.3) is 0 Å². The Morgan fingerprint density at radius 3 is 2.47 bits per heavy atom. The van der Waals surface area contributed by atoms with E-state index in [0.29, 0.717) is 0 Å². The van der Waals surface area contributed by atoms with Crippen LogP contribution in [0.5, 0.6) is 0 Å². The summed E-state index contributed by atoms with van der Waals surface area (Å²) in [6.45, 7) is 4.07. The van der Waals surface area contributed by atoms with Gasteiger partial charge in [0.1, 0.15) is 0 Å². The Morgan fingerprint density at radius 2 is 1.87 bits per heavy atom. The molecule has 0 saturated carbocycles. The molecule has 0 aromatic heterocycles. The van der Waals surface area contributed by atoms with E-state index in [1.54, 1.807) is 12.2 Å². The molecular weight excluding hydrogens is 184 g/mol. The molecule has 1 rings (SSSR count). The Hall–Kier alpha value is -1.63. The second-order valence-corrected chi connectivity index (χ2v) is 3.43. The maximum absolute atomic E-state index is 11.6. The number of ketones is 1. The van der Waals surface area contributed by atoms with E-state index in [9.17, 15) is 4.79 Å². The van der Waals surface area contributed by atoms with Crippen molar-refractivity contribution in [1.29, 1.82) is 0 Å². The number of carbonyl (C=O) groups is 1. The zero-order chi connectivity index (χ0) is 11.1. The van der Waals surface area contributed by atoms with Crippen LogP contribution in [0.1, 0.15) is 29.3 Å². The first kappa shape index (κ1) is 11.4. The molecule has 0 radical (unpaired) electrons. The van der Waals surface area contributed by atoms with Crippen molar-refractivity contribution < 1.29 is 4.79 Å². The molecule has 1 aromatic carbocycles. The monoisotopic (exact) mass is 200 g/mol. The second kappa shape index (κ2) is 5.97. The number of allylic oxidation sites excluding steroid dienone is 4. The lowest BCUT2D eigenvalue weighted by molar-refractivity contribution is 0.104. The van der Waals surface area contributed by atoms with E-state index in [1.807, 2.05) is 43.3 Å². The van der Waals surface area contributed by atoms with E-state index in [4.69, 9.17) is 0 Å². The lowest BCUT2D eigenvalue weighted by atomic mass is 10.1. The van der Waals surface area contributed by atoms with Crippen molar-refractivity contribution >= 4 is 5.78 Å². The topological polar surface area (TPSA) is 17.1 Å². The van der Waals surface area contributed by atoms with Crippen molar-refractivity contribution in [3.63, 3.8) is 0 Å². The highest BCUT2D eigenvalue weighted by Crippen LogP contribution is 2.04. The second-order valence-electron chi connectivity index (χ2n) is 3.43. The minimum Gasteiger partial charge on any atom is -0.289 e. The first-order chi connectivity index (χ1) is 7.24. The minimum absolute atomic E-state index is 0.0516. The lowest BCUT2D eigenvalue weighted by Gasteiger charge is -1.95. The van der Waals surface area contributed by atoms with Crippen molar-refractivity contribution in [2.24, 2.45) is 0 Å². The summed E-state index contributed by atoms with van der Waals surface area (Å²) in [4.78, 5) is 11.6. The highest BCUT2D eigenvalue weighted by molar-refractivity contribution is 6.04. The Balaban J connectivity index is 2.65. The fourth-order valence-corrected chi connectivity index (χ4v) is 1.17. The maximum Gasteiger partial charge on any atom is 0.185 e. The van der Waals surface area contributed by atoms with Gasteiger partial charge in [0.05, 0.1) is 0 Å². The average Bonchev–Trinajstić information content (AvgIpc) is 2.25. The molecule has 0 unspecified atom stereocenters. The number of aryl methyl sites for hydroxylation is 1. The van der Waals surface area contributed by atoms with Gasteiger partial charge in [0.15, 0.2) is 5.78 Å². The highest BCUT2D eigenvalue weighted by atomic mass is 16.1. The molecule has 0 saturated heterocycles. The fourth-order valence-electron chi connectivity index (χ4n) is 1.17. The Bertz CT molecular complexity index is 369. The SMILES string of the molecule is CC/C=C/C=C/C(=O)c1ccc(C)cc1.